The molecule has 0 saturated heterocycles. The summed E-state index contributed by atoms with van der Waals surface area (Å²) in [6.45, 7) is 1.88. The van der Waals surface area contributed by atoms with Gasteiger partial charge < -0.3 is 4.74 Å². The van der Waals surface area contributed by atoms with Gasteiger partial charge in [-0.25, -0.2) is 13.6 Å². The van der Waals surface area contributed by atoms with E-state index in [-0.39, 0.29) is 11.5 Å². The molecule has 112 valence electrons. The van der Waals surface area contributed by atoms with E-state index in [1.165, 1.54) is 6.07 Å². The van der Waals surface area contributed by atoms with Crippen molar-refractivity contribution in [1.29, 1.82) is 0 Å². The molecule has 2 aromatic carbocycles. The molecule has 2 aromatic rings. The van der Waals surface area contributed by atoms with Crippen LogP contribution in [0.5, 0.6) is 5.75 Å². The van der Waals surface area contributed by atoms with Gasteiger partial charge in [0, 0.05) is 15.6 Å². The van der Waals surface area contributed by atoms with Crippen LogP contribution in [0.25, 0.3) is 0 Å². The maximum absolute atomic E-state index is 11.3. The van der Waals surface area contributed by atoms with Gasteiger partial charge in [-0.1, -0.05) is 23.2 Å². The lowest BCUT2D eigenvalue weighted by molar-refractivity contribution is 0.306. The number of primary sulfonamides is 1. The van der Waals surface area contributed by atoms with Crippen LogP contribution in [0.2, 0.25) is 10.0 Å². The molecule has 0 spiro atoms. The lowest BCUT2D eigenvalue weighted by atomic mass is 10.2. The number of halogens is 2. The standard InChI is InChI=1S/C14H13Cl2NO3S/c1-9-6-12(3-5-14(9)21(17,18)19)20-8-10-7-11(15)2-4-13(10)16/h2-7H,8H2,1H3,(H2,17,18,19). The van der Waals surface area contributed by atoms with Gasteiger partial charge in [-0.15, -0.1) is 0 Å². The van der Waals surface area contributed by atoms with Gasteiger partial charge >= 0.3 is 0 Å². The molecule has 0 radical (unpaired) electrons. The average Bonchev–Trinajstić information content (AvgIpc) is 2.38. The fraction of sp³-hybridized carbons (Fsp3) is 0.143. The van der Waals surface area contributed by atoms with E-state index in [2.05, 4.69) is 0 Å². The van der Waals surface area contributed by atoms with Crippen LogP contribution in [0.1, 0.15) is 11.1 Å². The number of aryl methyl sites for hydroxylation is 1. The summed E-state index contributed by atoms with van der Waals surface area (Å²) < 4.78 is 28.3. The highest BCUT2D eigenvalue weighted by molar-refractivity contribution is 7.89. The fourth-order valence-corrected chi connectivity index (χ4v) is 2.98. The summed E-state index contributed by atoms with van der Waals surface area (Å²) in [5.41, 5.74) is 1.27. The quantitative estimate of drug-likeness (QED) is 0.921. The third-order valence-electron chi connectivity index (χ3n) is 2.86. The molecule has 4 nitrogen and oxygen atoms in total. The van der Waals surface area contributed by atoms with Gasteiger partial charge in [0.2, 0.25) is 10.0 Å². The number of hydrogen-bond acceptors (Lipinski definition) is 3. The van der Waals surface area contributed by atoms with Crippen molar-refractivity contribution in [2.75, 3.05) is 0 Å². The van der Waals surface area contributed by atoms with Crippen molar-refractivity contribution in [1.82, 2.24) is 0 Å². The normalized spacial score (nSPS) is 11.4. The number of benzene rings is 2. The van der Waals surface area contributed by atoms with Crippen LogP contribution in [-0.4, -0.2) is 8.42 Å². The van der Waals surface area contributed by atoms with Crippen molar-refractivity contribution < 1.29 is 13.2 Å². The van der Waals surface area contributed by atoms with E-state index in [1.54, 1.807) is 37.3 Å². The van der Waals surface area contributed by atoms with Crippen molar-refractivity contribution in [2.24, 2.45) is 5.14 Å². The molecule has 0 bridgehead atoms. The Balaban J connectivity index is 2.18. The Morgan fingerprint density at radius 1 is 1.14 bits per heavy atom. The van der Waals surface area contributed by atoms with Crippen LogP contribution in [-0.2, 0) is 16.6 Å². The van der Waals surface area contributed by atoms with Crippen LogP contribution in [0, 0.1) is 6.92 Å². The van der Waals surface area contributed by atoms with Gasteiger partial charge in [0.15, 0.2) is 0 Å². The predicted molar refractivity (Wildman–Crippen MR) is 83.3 cm³/mol. The lowest BCUT2D eigenvalue weighted by Gasteiger charge is -2.10. The Kier molecular flexibility index (Phi) is 4.78. The molecule has 0 unspecified atom stereocenters. The van der Waals surface area contributed by atoms with Crippen molar-refractivity contribution in [3.63, 3.8) is 0 Å². The zero-order valence-electron chi connectivity index (χ0n) is 11.1. The summed E-state index contributed by atoms with van der Waals surface area (Å²) in [6.07, 6.45) is 0. The van der Waals surface area contributed by atoms with Gasteiger partial charge in [-0.05, 0) is 48.9 Å². The molecular weight excluding hydrogens is 333 g/mol. The maximum atomic E-state index is 11.3. The Morgan fingerprint density at radius 3 is 2.48 bits per heavy atom. The molecule has 0 heterocycles. The molecule has 0 amide bonds. The van der Waals surface area contributed by atoms with Crippen molar-refractivity contribution in [3.05, 3.63) is 57.6 Å². The van der Waals surface area contributed by atoms with E-state index < -0.39 is 10.0 Å². The molecule has 0 saturated carbocycles. The summed E-state index contributed by atoms with van der Waals surface area (Å²) in [5, 5.41) is 6.23. The van der Waals surface area contributed by atoms with E-state index in [9.17, 15) is 8.42 Å². The molecule has 0 atom stereocenters. The molecule has 2 N–H and O–H groups in total. The van der Waals surface area contributed by atoms with Gasteiger partial charge in [0.1, 0.15) is 12.4 Å². The molecule has 0 fully saturated rings. The summed E-state index contributed by atoms with van der Waals surface area (Å²) >= 11 is 11.9. The maximum Gasteiger partial charge on any atom is 0.238 e. The Hall–Kier alpha value is -1.27. The van der Waals surface area contributed by atoms with Crippen molar-refractivity contribution in [3.8, 4) is 5.75 Å². The van der Waals surface area contributed by atoms with E-state index in [0.29, 0.717) is 21.4 Å². The average molecular weight is 346 g/mol. The summed E-state index contributed by atoms with van der Waals surface area (Å²) in [5.74, 6) is 0.524. The zero-order chi connectivity index (χ0) is 15.6. The Labute approximate surface area is 133 Å². The summed E-state index contributed by atoms with van der Waals surface area (Å²) in [7, 11) is -3.72. The van der Waals surface area contributed by atoms with Crippen LogP contribution in [0.4, 0.5) is 0 Å². The fourth-order valence-electron chi connectivity index (χ4n) is 1.85. The minimum absolute atomic E-state index is 0.0793. The molecule has 0 aliphatic heterocycles. The lowest BCUT2D eigenvalue weighted by Crippen LogP contribution is -2.13. The van der Waals surface area contributed by atoms with E-state index in [4.69, 9.17) is 33.1 Å². The highest BCUT2D eigenvalue weighted by atomic mass is 35.5. The van der Waals surface area contributed by atoms with E-state index in [0.717, 1.165) is 5.56 Å². The molecule has 0 aromatic heterocycles. The van der Waals surface area contributed by atoms with Crippen LogP contribution < -0.4 is 9.88 Å². The zero-order valence-corrected chi connectivity index (χ0v) is 13.5. The van der Waals surface area contributed by atoms with Crippen LogP contribution >= 0.6 is 23.2 Å². The first-order chi connectivity index (χ1) is 9.77. The second-order valence-electron chi connectivity index (χ2n) is 4.50. The second kappa shape index (κ2) is 6.23. The van der Waals surface area contributed by atoms with Gasteiger partial charge in [0.25, 0.3) is 0 Å². The number of hydrogen-bond donors (Lipinski definition) is 1. The van der Waals surface area contributed by atoms with Crippen molar-refractivity contribution >= 4 is 33.2 Å². The largest absolute Gasteiger partial charge is 0.489 e. The third kappa shape index (κ3) is 4.11. The topological polar surface area (TPSA) is 69.4 Å². The highest BCUT2D eigenvalue weighted by Gasteiger charge is 2.12. The first-order valence-corrected chi connectivity index (χ1v) is 8.28. The Morgan fingerprint density at radius 2 is 1.86 bits per heavy atom. The summed E-state index contributed by atoms with van der Waals surface area (Å²) in [6, 6.07) is 9.68. The first-order valence-electron chi connectivity index (χ1n) is 5.97. The number of ether oxygens (including phenoxy) is 1. The number of sulfonamides is 1. The molecule has 21 heavy (non-hydrogen) atoms. The molecule has 2 rings (SSSR count). The SMILES string of the molecule is Cc1cc(OCc2cc(Cl)ccc2Cl)ccc1S(N)(=O)=O. The first kappa shape index (κ1) is 16.1. The summed E-state index contributed by atoms with van der Waals surface area (Å²) in [4.78, 5) is 0.0793. The predicted octanol–water partition coefficient (Wildman–Crippen LogP) is 3.53. The minimum Gasteiger partial charge on any atom is -0.489 e. The van der Waals surface area contributed by atoms with E-state index in [1.807, 2.05) is 0 Å². The van der Waals surface area contributed by atoms with Crippen molar-refractivity contribution in [2.45, 2.75) is 18.4 Å². The third-order valence-corrected chi connectivity index (χ3v) is 4.53. The molecular formula is C14H13Cl2NO3S. The highest BCUT2D eigenvalue weighted by Crippen LogP contribution is 2.24. The van der Waals surface area contributed by atoms with E-state index >= 15 is 0 Å². The second-order valence-corrected chi connectivity index (χ2v) is 6.87. The molecule has 0 aliphatic rings. The van der Waals surface area contributed by atoms with Gasteiger partial charge in [-0.3, -0.25) is 0 Å². The van der Waals surface area contributed by atoms with Crippen LogP contribution in [0.3, 0.4) is 0 Å². The van der Waals surface area contributed by atoms with Gasteiger partial charge in [0.05, 0.1) is 4.90 Å². The smallest absolute Gasteiger partial charge is 0.238 e. The number of nitrogens with two attached hydrogens (primary N) is 1. The molecule has 7 heteroatoms. The number of rotatable bonds is 4. The van der Waals surface area contributed by atoms with Crippen LogP contribution in [0.15, 0.2) is 41.3 Å². The monoisotopic (exact) mass is 345 g/mol. The Bertz CT molecular complexity index is 776. The minimum atomic E-state index is -3.72. The molecule has 0 aliphatic carbocycles. The van der Waals surface area contributed by atoms with Gasteiger partial charge in [-0.2, -0.15) is 0 Å².